The van der Waals surface area contributed by atoms with E-state index in [1.165, 1.54) is 4.90 Å². The third-order valence-electron chi connectivity index (χ3n) is 3.10. The molecule has 1 aromatic heterocycles. The minimum absolute atomic E-state index is 0.0199. The lowest BCUT2D eigenvalue weighted by Crippen LogP contribution is -2.55. The maximum atomic E-state index is 12.0. The lowest BCUT2D eigenvalue weighted by molar-refractivity contribution is -0.147. The Labute approximate surface area is 115 Å². The van der Waals surface area contributed by atoms with Crippen molar-refractivity contribution < 1.29 is 19.4 Å². The average Bonchev–Trinajstić information content (AvgIpc) is 2.84. The van der Waals surface area contributed by atoms with E-state index in [-0.39, 0.29) is 13.2 Å². The summed E-state index contributed by atoms with van der Waals surface area (Å²) in [5.74, 6) is -0.310. The van der Waals surface area contributed by atoms with Crippen molar-refractivity contribution >= 4 is 12.0 Å². The fourth-order valence-corrected chi connectivity index (χ4v) is 1.97. The molecule has 0 spiro atoms. The zero-order valence-corrected chi connectivity index (χ0v) is 11.2. The van der Waals surface area contributed by atoms with Crippen LogP contribution in [0, 0.1) is 0 Å². The number of hydrogen-bond donors (Lipinski definition) is 2. The van der Waals surface area contributed by atoms with Crippen LogP contribution in [-0.4, -0.2) is 69.1 Å². The number of aryl methyl sites for hydroxylation is 1. The normalized spacial score (nSPS) is 18.9. The van der Waals surface area contributed by atoms with E-state index in [4.69, 9.17) is 9.84 Å². The zero-order valence-electron chi connectivity index (χ0n) is 11.2. The largest absolute Gasteiger partial charge is 0.480 e. The SMILES string of the molecule is Cn1cnnc1CCNC(=O)N1CCOCC1C(=O)O. The van der Waals surface area contributed by atoms with E-state index in [0.29, 0.717) is 19.6 Å². The van der Waals surface area contributed by atoms with Gasteiger partial charge in [0.2, 0.25) is 0 Å². The maximum absolute atomic E-state index is 12.0. The second-order valence-corrected chi connectivity index (χ2v) is 4.46. The molecule has 1 atom stereocenters. The number of aliphatic carboxylic acids is 1. The Morgan fingerprint density at radius 2 is 2.40 bits per heavy atom. The standard InChI is InChI=1S/C11H17N5O4/c1-15-7-13-14-9(15)2-3-12-11(19)16-4-5-20-6-8(16)10(17)18/h7-8H,2-6H2,1H3,(H,12,19)(H,17,18). The summed E-state index contributed by atoms with van der Waals surface area (Å²) in [5, 5.41) is 19.4. The molecule has 9 nitrogen and oxygen atoms in total. The van der Waals surface area contributed by atoms with Crippen molar-refractivity contribution in [3.8, 4) is 0 Å². The number of carboxylic acid groups (broad SMARTS) is 1. The van der Waals surface area contributed by atoms with E-state index in [2.05, 4.69) is 15.5 Å². The van der Waals surface area contributed by atoms with Gasteiger partial charge in [0.1, 0.15) is 12.2 Å². The van der Waals surface area contributed by atoms with Crippen molar-refractivity contribution in [2.45, 2.75) is 12.5 Å². The molecule has 1 unspecified atom stereocenters. The van der Waals surface area contributed by atoms with Gasteiger partial charge in [-0.1, -0.05) is 0 Å². The van der Waals surface area contributed by atoms with Crippen molar-refractivity contribution in [3.05, 3.63) is 12.2 Å². The zero-order chi connectivity index (χ0) is 14.5. The van der Waals surface area contributed by atoms with Crippen molar-refractivity contribution in [3.63, 3.8) is 0 Å². The van der Waals surface area contributed by atoms with Crippen LogP contribution >= 0.6 is 0 Å². The first-order valence-electron chi connectivity index (χ1n) is 6.27. The Balaban J connectivity index is 1.84. The highest BCUT2D eigenvalue weighted by Crippen LogP contribution is 2.07. The van der Waals surface area contributed by atoms with Gasteiger partial charge in [-0.25, -0.2) is 9.59 Å². The van der Waals surface area contributed by atoms with Crippen molar-refractivity contribution in [1.29, 1.82) is 0 Å². The second kappa shape index (κ2) is 6.33. The van der Waals surface area contributed by atoms with Gasteiger partial charge in [0, 0.05) is 26.6 Å². The van der Waals surface area contributed by atoms with Gasteiger partial charge < -0.3 is 24.6 Å². The van der Waals surface area contributed by atoms with Crippen LogP contribution in [0.5, 0.6) is 0 Å². The molecule has 2 rings (SSSR count). The van der Waals surface area contributed by atoms with Gasteiger partial charge in [0.05, 0.1) is 13.2 Å². The highest BCUT2D eigenvalue weighted by Gasteiger charge is 2.32. The molecule has 0 saturated carbocycles. The number of nitrogens with zero attached hydrogens (tertiary/aromatic N) is 4. The summed E-state index contributed by atoms with van der Waals surface area (Å²) in [5.41, 5.74) is 0. The van der Waals surface area contributed by atoms with Crippen LogP contribution in [0.2, 0.25) is 0 Å². The van der Waals surface area contributed by atoms with Gasteiger partial charge in [-0.05, 0) is 0 Å². The molecule has 110 valence electrons. The van der Waals surface area contributed by atoms with Crippen LogP contribution in [-0.2, 0) is 23.0 Å². The molecule has 0 aromatic carbocycles. The van der Waals surface area contributed by atoms with Crippen LogP contribution < -0.4 is 5.32 Å². The number of carbonyl (C=O) groups excluding carboxylic acids is 1. The van der Waals surface area contributed by atoms with E-state index < -0.39 is 18.0 Å². The summed E-state index contributed by atoms with van der Waals surface area (Å²) in [6, 6.07) is -1.33. The lowest BCUT2D eigenvalue weighted by atomic mass is 10.2. The van der Waals surface area contributed by atoms with Gasteiger partial charge in [-0.3, -0.25) is 0 Å². The van der Waals surface area contributed by atoms with Crippen LogP contribution in [0.15, 0.2) is 6.33 Å². The number of ether oxygens (including phenoxy) is 1. The van der Waals surface area contributed by atoms with Crippen LogP contribution in [0.1, 0.15) is 5.82 Å². The lowest BCUT2D eigenvalue weighted by Gasteiger charge is -2.32. The fraction of sp³-hybridized carbons (Fsp3) is 0.636. The predicted octanol–water partition coefficient (Wildman–Crippen LogP) is -1.15. The van der Waals surface area contributed by atoms with Crippen molar-refractivity contribution in [2.24, 2.45) is 7.05 Å². The van der Waals surface area contributed by atoms with Gasteiger partial charge in [-0.2, -0.15) is 0 Å². The first-order valence-corrected chi connectivity index (χ1v) is 6.27. The molecule has 1 aliphatic heterocycles. The molecule has 1 fully saturated rings. The first kappa shape index (κ1) is 14.3. The molecule has 1 saturated heterocycles. The van der Waals surface area contributed by atoms with Crippen molar-refractivity contribution in [1.82, 2.24) is 25.0 Å². The van der Waals surface area contributed by atoms with Crippen LogP contribution in [0.4, 0.5) is 4.79 Å². The average molecular weight is 283 g/mol. The number of carbonyl (C=O) groups is 2. The third kappa shape index (κ3) is 3.23. The molecule has 20 heavy (non-hydrogen) atoms. The molecule has 0 aliphatic carbocycles. The molecule has 0 bridgehead atoms. The van der Waals surface area contributed by atoms with Crippen LogP contribution in [0.25, 0.3) is 0 Å². The smallest absolute Gasteiger partial charge is 0.328 e. The Morgan fingerprint density at radius 3 is 3.05 bits per heavy atom. The molecule has 9 heteroatoms. The number of urea groups is 1. The molecule has 1 aliphatic rings. The molecule has 2 N–H and O–H groups in total. The number of nitrogens with one attached hydrogen (secondary N) is 1. The third-order valence-corrected chi connectivity index (χ3v) is 3.10. The van der Waals surface area contributed by atoms with Crippen LogP contribution in [0.3, 0.4) is 0 Å². The van der Waals surface area contributed by atoms with E-state index in [1.54, 1.807) is 10.9 Å². The number of aromatic nitrogens is 3. The Kier molecular flexibility index (Phi) is 4.51. The minimum atomic E-state index is -1.06. The van der Waals surface area contributed by atoms with Gasteiger partial charge in [0.25, 0.3) is 0 Å². The summed E-state index contributed by atoms with van der Waals surface area (Å²) in [7, 11) is 1.82. The summed E-state index contributed by atoms with van der Waals surface area (Å²) in [4.78, 5) is 24.3. The van der Waals surface area contributed by atoms with E-state index in [1.807, 2.05) is 7.05 Å². The summed E-state index contributed by atoms with van der Waals surface area (Å²) >= 11 is 0. The second-order valence-electron chi connectivity index (χ2n) is 4.46. The summed E-state index contributed by atoms with van der Waals surface area (Å²) in [6.45, 7) is 1.01. The summed E-state index contributed by atoms with van der Waals surface area (Å²) < 4.78 is 6.84. The van der Waals surface area contributed by atoms with E-state index in [0.717, 1.165) is 5.82 Å². The quantitative estimate of drug-likeness (QED) is 0.722. The van der Waals surface area contributed by atoms with Gasteiger partial charge >= 0.3 is 12.0 Å². The summed E-state index contributed by atoms with van der Waals surface area (Å²) in [6.07, 6.45) is 2.11. The van der Waals surface area contributed by atoms with E-state index in [9.17, 15) is 9.59 Å². The molecular weight excluding hydrogens is 266 g/mol. The highest BCUT2D eigenvalue weighted by molar-refractivity contribution is 5.82. The minimum Gasteiger partial charge on any atom is -0.480 e. The van der Waals surface area contributed by atoms with Gasteiger partial charge in [0.15, 0.2) is 6.04 Å². The maximum Gasteiger partial charge on any atom is 0.328 e. The van der Waals surface area contributed by atoms with E-state index >= 15 is 0 Å². The van der Waals surface area contributed by atoms with Gasteiger partial charge in [-0.15, -0.1) is 10.2 Å². The number of rotatable bonds is 4. The van der Waals surface area contributed by atoms with Crippen molar-refractivity contribution in [2.75, 3.05) is 26.3 Å². The molecule has 2 amide bonds. The molecule has 0 radical (unpaired) electrons. The Morgan fingerprint density at radius 1 is 1.60 bits per heavy atom. The number of amides is 2. The first-order chi connectivity index (χ1) is 9.59. The topological polar surface area (TPSA) is 110 Å². The molecular formula is C11H17N5O4. The Hall–Kier alpha value is -2.16. The fourth-order valence-electron chi connectivity index (χ4n) is 1.97. The predicted molar refractivity (Wildman–Crippen MR) is 67.1 cm³/mol. The molecule has 1 aromatic rings. The molecule has 2 heterocycles. The highest BCUT2D eigenvalue weighted by atomic mass is 16.5. The number of hydrogen-bond acceptors (Lipinski definition) is 5. The number of carboxylic acids is 1. The number of morpholine rings is 1. The monoisotopic (exact) mass is 283 g/mol. The Bertz CT molecular complexity index is 489.